The maximum atomic E-state index is 2.47. The summed E-state index contributed by atoms with van der Waals surface area (Å²) in [6, 6.07) is 67.3. The molecule has 0 unspecified atom stereocenters. The summed E-state index contributed by atoms with van der Waals surface area (Å²) in [6.45, 7) is 0. The quantitative estimate of drug-likeness (QED) is 0.163. The number of benzene rings is 9. The molecule has 3 aromatic heterocycles. The van der Waals surface area contributed by atoms with E-state index in [1.807, 2.05) is 11.3 Å². The number of hydrogen-bond acceptors (Lipinski definition) is 1. The van der Waals surface area contributed by atoms with Crippen LogP contribution in [0.2, 0.25) is 0 Å². The highest BCUT2D eigenvalue weighted by atomic mass is 32.1. The van der Waals surface area contributed by atoms with Gasteiger partial charge in [-0.15, -0.1) is 11.3 Å². The highest BCUT2D eigenvalue weighted by molar-refractivity contribution is 7.25. The molecule has 0 bridgehead atoms. The molecule has 0 saturated carbocycles. The summed E-state index contributed by atoms with van der Waals surface area (Å²) >= 11 is 1.89. The summed E-state index contributed by atoms with van der Waals surface area (Å²) in [5.41, 5.74) is 9.70. The minimum atomic E-state index is 1.17. The van der Waals surface area contributed by atoms with Gasteiger partial charge in [0, 0.05) is 53.1 Å². The summed E-state index contributed by atoms with van der Waals surface area (Å²) in [5.74, 6) is 0. The lowest BCUT2D eigenvalue weighted by molar-refractivity contribution is 1.18. The summed E-state index contributed by atoms with van der Waals surface area (Å²) < 4.78 is 7.48. The number of rotatable bonds is 3. The number of aromatic nitrogens is 2. The highest BCUT2D eigenvalue weighted by Crippen LogP contribution is 2.45. The molecule has 0 aliphatic carbocycles. The van der Waals surface area contributed by atoms with E-state index in [9.17, 15) is 0 Å². The SMILES string of the molecule is c1ccc(-n2c3ccccc3c3cc(-c4cc5cc6sc7ccccc7c6cc5c5cc6c(cc45)c4ccccc4n6-c4ccccc4)ccc32)cc1. The van der Waals surface area contributed by atoms with Crippen molar-refractivity contribution in [2.24, 2.45) is 0 Å². The molecule has 0 radical (unpaired) electrons. The Morgan fingerprint density at radius 2 is 0.868 bits per heavy atom. The first-order valence-corrected chi connectivity index (χ1v) is 19.0. The molecule has 0 aliphatic rings. The van der Waals surface area contributed by atoms with E-state index in [4.69, 9.17) is 0 Å². The van der Waals surface area contributed by atoms with Crippen molar-refractivity contribution >= 4 is 96.7 Å². The molecular weight excluding hydrogens is 661 g/mol. The Hall–Kier alpha value is -6.68. The monoisotopic (exact) mass is 690 g/mol. The van der Waals surface area contributed by atoms with Crippen LogP contribution in [0.1, 0.15) is 0 Å². The summed E-state index contributed by atoms with van der Waals surface area (Å²) in [5, 5.41) is 12.8. The number of nitrogens with zero attached hydrogens (tertiary/aromatic N) is 2. The van der Waals surface area contributed by atoms with Crippen molar-refractivity contribution in [1.82, 2.24) is 9.13 Å². The molecule has 3 heterocycles. The van der Waals surface area contributed by atoms with Gasteiger partial charge in [-0.1, -0.05) is 97.1 Å². The van der Waals surface area contributed by atoms with Crippen LogP contribution in [0.25, 0.3) is 108 Å². The van der Waals surface area contributed by atoms with E-state index in [0.29, 0.717) is 0 Å². The zero-order valence-electron chi connectivity index (χ0n) is 28.6. The number of thiophene rings is 1. The van der Waals surface area contributed by atoms with Gasteiger partial charge in [0.15, 0.2) is 0 Å². The third-order valence-electron chi connectivity index (χ3n) is 11.3. The Balaban J connectivity index is 1.22. The Kier molecular flexibility index (Phi) is 5.96. The van der Waals surface area contributed by atoms with Gasteiger partial charge in [0.2, 0.25) is 0 Å². The second-order valence-electron chi connectivity index (χ2n) is 14.1. The van der Waals surface area contributed by atoms with E-state index < -0.39 is 0 Å². The molecule has 3 heteroatoms. The average Bonchev–Trinajstić information content (AvgIpc) is 3.86. The molecule has 0 spiro atoms. The van der Waals surface area contributed by atoms with Crippen LogP contribution in [0.15, 0.2) is 182 Å². The van der Waals surface area contributed by atoms with Gasteiger partial charge in [-0.3, -0.25) is 0 Å². The zero-order chi connectivity index (χ0) is 34.6. The second kappa shape index (κ2) is 10.9. The Bertz CT molecular complexity index is 3440. The van der Waals surface area contributed by atoms with Crippen molar-refractivity contribution < 1.29 is 0 Å². The zero-order valence-corrected chi connectivity index (χ0v) is 29.4. The van der Waals surface area contributed by atoms with Crippen LogP contribution in [0.5, 0.6) is 0 Å². The van der Waals surface area contributed by atoms with Gasteiger partial charge < -0.3 is 9.13 Å². The topological polar surface area (TPSA) is 9.86 Å². The predicted octanol–water partition coefficient (Wildman–Crippen LogP) is 14.2. The first-order valence-electron chi connectivity index (χ1n) is 18.2. The number of hydrogen-bond donors (Lipinski definition) is 0. The summed E-state index contributed by atoms with van der Waals surface area (Å²) in [7, 11) is 0. The molecule has 12 aromatic rings. The Morgan fingerprint density at radius 3 is 1.58 bits per heavy atom. The second-order valence-corrected chi connectivity index (χ2v) is 15.2. The molecule has 0 aliphatic heterocycles. The van der Waals surface area contributed by atoms with E-state index in [-0.39, 0.29) is 0 Å². The van der Waals surface area contributed by atoms with Crippen LogP contribution < -0.4 is 0 Å². The van der Waals surface area contributed by atoms with Crippen LogP contribution in [-0.4, -0.2) is 9.13 Å². The normalized spacial score (nSPS) is 12.2. The third-order valence-corrected chi connectivity index (χ3v) is 12.4. The first kappa shape index (κ1) is 29.0. The molecule has 12 rings (SSSR count). The molecule has 0 amide bonds. The number of fused-ring (bicyclic) bond motifs is 12. The molecule has 9 aromatic carbocycles. The first-order chi connectivity index (χ1) is 26.3. The summed E-state index contributed by atoms with van der Waals surface area (Å²) in [4.78, 5) is 0. The average molecular weight is 691 g/mol. The van der Waals surface area contributed by atoms with E-state index in [2.05, 4.69) is 191 Å². The molecule has 0 saturated heterocycles. The van der Waals surface area contributed by atoms with Crippen molar-refractivity contribution in [1.29, 1.82) is 0 Å². The van der Waals surface area contributed by atoms with Crippen LogP contribution >= 0.6 is 11.3 Å². The maximum absolute atomic E-state index is 2.47. The van der Waals surface area contributed by atoms with Crippen molar-refractivity contribution in [2.45, 2.75) is 0 Å². The van der Waals surface area contributed by atoms with Gasteiger partial charge >= 0.3 is 0 Å². The lowest BCUT2D eigenvalue weighted by atomic mass is 9.91. The van der Waals surface area contributed by atoms with Crippen molar-refractivity contribution in [3.05, 3.63) is 182 Å². The lowest BCUT2D eigenvalue weighted by Crippen LogP contribution is -1.94. The van der Waals surface area contributed by atoms with Crippen LogP contribution in [0, 0.1) is 0 Å². The molecule has 2 nitrogen and oxygen atoms in total. The van der Waals surface area contributed by atoms with E-state index in [1.165, 1.54) is 108 Å². The standard InChI is InChI=1S/C50H30N2S/c1-3-13-33(14-4-1)51-45-20-10-7-17-35(45)42-25-31(23-24-47(42)51)38-26-32-27-50-44(37-19-9-12-22-49(37)53-50)28-39(32)41-30-48-43(29-40(38)41)36-18-8-11-21-46(36)52(48)34-15-5-2-6-16-34/h1-30H. The third kappa shape index (κ3) is 4.14. The van der Waals surface area contributed by atoms with E-state index in [0.717, 1.165) is 0 Å². The minimum absolute atomic E-state index is 1.17. The fraction of sp³-hybridized carbons (Fsp3) is 0. The van der Waals surface area contributed by atoms with Crippen molar-refractivity contribution in [3.8, 4) is 22.5 Å². The molecular formula is C50H30N2S. The van der Waals surface area contributed by atoms with Crippen LogP contribution in [0.3, 0.4) is 0 Å². The number of para-hydroxylation sites is 4. The van der Waals surface area contributed by atoms with Crippen LogP contribution in [0.4, 0.5) is 0 Å². The van der Waals surface area contributed by atoms with Crippen LogP contribution in [-0.2, 0) is 0 Å². The van der Waals surface area contributed by atoms with Gasteiger partial charge in [-0.2, -0.15) is 0 Å². The van der Waals surface area contributed by atoms with E-state index in [1.54, 1.807) is 0 Å². The fourth-order valence-electron chi connectivity index (χ4n) is 8.92. The van der Waals surface area contributed by atoms with Gasteiger partial charge in [0.1, 0.15) is 0 Å². The van der Waals surface area contributed by atoms with Gasteiger partial charge in [0.25, 0.3) is 0 Å². The Morgan fingerprint density at radius 1 is 0.302 bits per heavy atom. The molecule has 0 N–H and O–H groups in total. The molecule has 246 valence electrons. The summed E-state index contributed by atoms with van der Waals surface area (Å²) in [6.07, 6.45) is 0. The van der Waals surface area contributed by atoms with Gasteiger partial charge in [-0.05, 0) is 118 Å². The van der Waals surface area contributed by atoms with Crippen molar-refractivity contribution in [2.75, 3.05) is 0 Å². The molecule has 53 heavy (non-hydrogen) atoms. The fourth-order valence-corrected chi connectivity index (χ4v) is 10.1. The maximum Gasteiger partial charge on any atom is 0.0547 e. The predicted molar refractivity (Wildman–Crippen MR) is 228 cm³/mol. The van der Waals surface area contributed by atoms with Gasteiger partial charge in [-0.25, -0.2) is 0 Å². The molecule has 0 fully saturated rings. The highest BCUT2D eigenvalue weighted by Gasteiger charge is 2.19. The van der Waals surface area contributed by atoms with E-state index >= 15 is 0 Å². The molecule has 0 atom stereocenters. The van der Waals surface area contributed by atoms with Crippen molar-refractivity contribution in [3.63, 3.8) is 0 Å². The lowest BCUT2D eigenvalue weighted by Gasteiger charge is -2.14. The van der Waals surface area contributed by atoms with Gasteiger partial charge in [0.05, 0.1) is 22.1 Å². The minimum Gasteiger partial charge on any atom is -0.309 e. The smallest absolute Gasteiger partial charge is 0.0547 e. The largest absolute Gasteiger partial charge is 0.309 e. The Labute approximate surface area is 309 Å².